The fourth-order valence-corrected chi connectivity index (χ4v) is 3.03. The van der Waals surface area contributed by atoms with Gasteiger partial charge in [0.25, 0.3) is 0 Å². The van der Waals surface area contributed by atoms with Crippen molar-refractivity contribution >= 4 is 11.9 Å². The number of carbonyl (C=O) groups is 1. The molecule has 1 aliphatic heterocycles. The molecule has 7 heteroatoms. The van der Waals surface area contributed by atoms with Crippen molar-refractivity contribution in [1.29, 1.82) is 0 Å². The lowest BCUT2D eigenvalue weighted by molar-refractivity contribution is -0.128. The number of aromatic nitrogens is 1. The number of hydrogen-bond donors (Lipinski definition) is 2. The number of hydrogen-bond acceptors (Lipinski definition) is 4. The average molecular weight is 369 g/mol. The highest BCUT2D eigenvalue weighted by atomic mass is 16.4. The van der Waals surface area contributed by atoms with Gasteiger partial charge in [-0.1, -0.05) is 24.3 Å². The molecule has 27 heavy (non-hydrogen) atoms. The molecule has 144 valence electrons. The van der Waals surface area contributed by atoms with Gasteiger partial charge < -0.3 is 20.0 Å². The minimum absolute atomic E-state index is 0.257. The van der Waals surface area contributed by atoms with E-state index in [1.54, 1.807) is 7.05 Å². The molecule has 1 aromatic carbocycles. The summed E-state index contributed by atoms with van der Waals surface area (Å²) < 4.78 is 5.56. The quantitative estimate of drug-likeness (QED) is 0.603. The molecule has 7 nitrogen and oxygen atoms in total. The molecule has 0 atom stereocenters. The van der Waals surface area contributed by atoms with Crippen LogP contribution >= 0.6 is 0 Å². The van der Waals surface area contributed by atoms with E-state index in [9.17, 15) is 4.79 Å². The molecule has 2 N–H and O–H groups in total. The molecule has 3 rings (SSSR count). The van der Waals surface area contributed by atoms with E-state index in [0.29, 0.717) is 37.9 Å². The van der Waals surface area contributed by atoms with Gasteiger partial charge in [-0.25, -0.2) is 4.98 Å². The SMILES string of the molecule is CN=C(NCc1ccc(CN2CCCC2=O)cc1)NCc1nc(C)c(C)o1. The van der Waals surface area contributed by atoms with Gasteiger partial charge in [-0.2, -0.15) is 0 Å². The van der Waals surface area contributed by atoms with E-state index in [2.05, 4.69) is 44.9 Å². The highest BCUT2D eigenvalue weighted by molar-refractivity contribution is 5.79. The fraction of sp³-hybridized carbons (Fsp3) is 0.450. The number of oxazole rings is 1. The van der Waals surface area contributed by atoms with Crippen molar-refractivity contribution in [2.75, 3.05) is 13.6 Å². The molecular formula is C20H27N5O2. The van der Waals surface area contributed by atoms with Crippen LogP contribution in [0, 0.1) is 13.8 Å². The van der Waals surface area contributed by atoms with Gasteiger partial charge in [-0.05, 0) is 31.4 Å². The fourth-order valence-electron chi connectivity index (χ4n) is 3.03. The van der Waals surface area contributed by atoms with Crippen molar-refractivity contribution in [3.05, 3.63) is 52.7 Å². The normalized spacial score (nSPS) is 14.7. The van der Waals surface area contributed by atoms with Crippen LogP contribution in [0.1, 0.15) is 41.3 Å². The van der Waals surface area contributed by atoms with Crippen LogP contribution in [0.2, 0.25) is 0 Å². The number of aliphatic imine (C=N–C) groups is 1. The Bertz CT molecular complexity index is 791. The molecule has 2 aromatic rings. The summed E-state index contributed by atoms with van der Waals surface area (Å²) in [6.07, 6.45) is 1.65. The Hall–Kier alpha value is -2.83. The number of carbonyl (C=O) groups excluding carboxylic acids is 1. The molecule has 0 aliphatic carbocycles. The van der Waals surface area contributed by atoms with Gasteiger partial charge in [-0.15, -0.1) is 0 Å². The van der Waals surface area contributed by atoms with Gasteiger partial charge in [0.1, 0.15) is 5.76 Å². The number of rotatable bonds is 6. The molecule has 0 radical (unpaired) electrons. The lowest BCUT2D eigenvalue weighted by Crippen LogP contribution is -2.36. The Kier molecular flexibility index (Phi) is 6.11. The number of nitrogens with zero attached hydrogens (tertiary/aromatic N) is 3. The predicted octanol–water partition coefficient (Wildman–Crippen LogP) is 2.28. The van der Waals surface area contributed by atoms with Gasteiger partial charge in [0.15, 0.2) is 5.96 Å². The molecule has 1 amide bonds. The zero-order chi connectivity index (χ0) is 19.2. The van der Waals surface area contributed by atoms with Crippen LogP contribution in [0.25, 0.3) is 0 Å². The van der Waals surface area contributed by atoms with E-state index in [1.807, 2.05) is 18.7 Å². The molecule has 1 saturated heterocycles. The molecule has 1 fully saturated rings. The largest absolute Gasteiger partial charge is 0.444 e. The third kappa shape index (κ3) is 5.09. The molecule has 1 aliphatic rings. The van der Waals surface area contributed by atoms with E-state index < -0.39 is 0 Å². The molecule has 0 saturated carbocycles. The van der Waals surface area contributed by atoms with Gasteiger partial charge in [0.05, 0.1) is 12.2 Å². The van der Waals surface area contributed by atoms with E-state index in [1.165, 1.54) is 0 Å². The summed E-state index contributed by atoms with van der Waals surface area (Å²) in [5, 5.41) is 6.48. The highest BCUT2D eigenvalue weighted by Gasteiger charge is 2.19. The number of nitrogens with one attached hydrogen (secondary N) is 2. The van der Waals surface area contributed by atoms with Crippen molar-refractivity contribution in [2.24, 2.45) is 4.99 Å². The summed E-state index contributed by atoms with van der Waals surface area (Å²) in [6, 6.07) is 8.32. The monoisotopic (exact) mass is 369 g/mol. The average Bonchev–Trinajstić information content (AvgIpc) is 3.21. The minimum atomic E-state index is 0.257. The van der Waals surface area contributed by atoms with Crippen LogP contribution in [0.4, 0.5) is 0 Å². The predicted molar refractivity (Wildman–Crippen MR) is 104 cm³/mol. The Balaban J connectivity index is 1.47. The lowest BCUT2D eigenvalue weighted by Gasteiger charge is -2.16. The van der Waals surface area contributed by atoms with Gasteiger partial charge in [-0.3, -0.25) is 9.79 Å². The summed E-state index contributed by atoms with van der Waals surface area (Å²) in [6.45, 7) is 6.54. The van der Waals surface area contributed by atoms with Gasteiger partial charge >= 0.3 is 0 Å². The van der Waals surface area contributed by atoms with E-state index in [-0.39, 0.29) is 5.91 Å². The number of likely N-dealkylation sites (tertiary alicyclic amines) is 1. The second-order valence-corrected chi connectivity index (χ2v) is 6.76. The van der Waals surface area contributed by atoms with E-state index in [4.69, 9.17) is 4.42 Å². The maximum atomic E-state index is 11.7. The molecule has 1 aromatic heterocycles. The third-order valence-corrected chi connectivity index (χ3v) is 4.73. The van der Waals surface area contributed by atoms with Crippen molar-refractivity contribution in [3.63, 3.8) is 0 Å². The van der Waals surface area contributed by atoms with Crippen LogP contribution in [0.15, 0.2) is 33.7 Å². The molecule has 0 unspecified atom stereocenters. The highest BCUT2D eigenvalue weighted by Crippen LogP contribution is 2.14. The summed E-state index contributed by atoms with van der Waals surface area (Å²) in [7, 11) is 1.73. The molecule has 0 bridgehead atoms. The van der Waals surface area contributed by atoms with Crippen LogP contribution in [-0.4, -0.2) is 35.3 Å². The maximum Gasteiger partial charge on any atom is 0.222 e. The summed E-state index contributed by atoms with van der Waals surface area (Å²) in [5.74, 6) is 2.43. The Morgan fingerprint density at radius 2 is 1.89 bits per heavy atom. The smallest absolute Gasteiger partial charge is 0.222 e. The first-order chi connectivity index (χ1) is 13.0. The standard InChI is InChI=1S/C20H27N5O2/c1-14-15(2)27-18(24-14)12-23-20(21-3)22-11-16-6-8-17(9-7-16)13-25-10-4-5-19(25)26/h6-9H,4-5,10-13H2,1-3H3,(H2,21,22,23). The zero-order valence-electron chi connectivity index (χ0n) is 16.2. The summed E-state index contributed by atoms with van der Waals surface area (Å²) in [4.78, 5) is 22.2. The topological polar surface area (TPSA) is 82.8 Å². The van der Waals surface area contributed by atoms with E-state index in [0.717, 1.165) is 35.5 Å². The first-order valence-corrected chi connectivity index (χ1v) is 9.28. The Morgan fingerprint density at radius 1 is 1.19 bits per heavy atom. The van der Waals surface area contributed by atoms with Gasteiger partial charge in [0.2, 0.25) is 11.8 Å². The summed E-state index contributed by atoms with van der Waals surface area (Å²) in [5.41, 5.74) is 3.22. The number of amides is 1. The second-order valence-electron chi connectivity index (χ2n) is 6.76. The first-order valence-electron chi connectivity index (χ1n) is 9.28. The van der Waals surface area contributed by atoms with Crippen LogP contribution in [0.5, 0.6) is 0 Å². The molecule has 0 spiro atoms. The Labute approximate surface area is 159 Å². The number of aryl methyl sites for hydroxylation is 2. The molecular weight excluding hydrogens is 342 g/mol. The first kappa shape index (κ1) is 18.9. The van der Waals surface area contributed by atoms with E-state index >= 15 is 0 Å². The maximum absolute atomic E-state index is 11.7. The third-order valence-electron chi connectivity index (χ3n) is 4.73. The van der Waals surface area contributed by atoms with Crippen LogP contribution in [0.3, 0.4) is 0 Å². The lowest BCUT2D eigenvalue weighted by atomic mass is 10.1. The Morgan fingerprint density at radius 3 is 2.48 bits per heavy atom. The zero-order valence-corrected chi connectivity index (χ0v) is 16.2. The number of benzene rings is 1. The van der Waals surface area contributed by atoms with Crippen molar-refractivity contribution in [3.8, 4) is 0 Å². The van der Waals surface area contributed by atoms with Crippen molar-refractivity contribution in [1.82, 2.24) is 20.5 Å². The molecule has 2 heterocycles. The van der Waals surface area contributed by atoms with Crippen molar-refractivity contribution in [2.45, 2.75) is 46.3 Å². The number of guanidine groups is 1. The summed E-state index contributed by atoms with van der Waals surface area (Å²) >= 11 is 0. The second kappa shape index (κ2) is 8.70. The van der Waals surface area contributed by atoms with Crippen LogP contribution < -0.4 is 10.6 Å². The van der Waals surface area contributed by atoms with Crippen molar-refractivity contribution < 1.29 is 9.21 Å². The van der Waals surface area contributed by atoms with Crippen LogP contribution in [-0.2, 0) is 24.4 Å². The van der Waals surface area contributed by atoms with Gasteiger partial charge in [0, 0.05) is 33.1 Å². The minimum Gasteiger partial charge on any atom is -0.444 e.